The van der Waals surface area contributed by atoms with Crippen LogP contribution in [0.5, 0.6) is 0 Å². The molecule has 0 aliphatic carbocycles. The average Bonchev–Trinajstić information content (AvgIpc) is 1.82. The highest BCUT2D eigenvalue weighted by Crippen LogP contribution is 2.04. The Balaban J connectivity index is 3.25. The van der Waals surface area contributed by atoms with Crippen LogP contribution >= 0.6 is 0 Å². The zero-order valence-electron chi connectivity index (χ0n) is 6.05. The van der Waals surface area contributed by atoms with Crippen molar-refractivity contribution in [3.05, 3.63) is 0 Å². The molecule has 2 atom stereocenters. The maximum atomic E-state index is 12.5. The summed E-state index contributed by atoms with van der Waals surface area (Å²) in [6, 6.07) is 0. The van der Waals surface area contributed by atoms with Crippen LogP contribution in [0.15, 0.2) is 0 Å². The largest absolute Gasteiger partial charge is 0.306 e. The quantitative estimate of drug-likeness (QED) is 0.635. The van der Waals surface area contributed by atoms with Crippen LogP contribution in [0.1, 0.15) is 26.2 Å². The lowest BCUT2D eigenvalue weighted by atomic mass is 10.2. The molecule has 0 heterocycles. The first kappa shape index (κ1) is 10.0. The van der Waals surface area contributed by atoms with Gasteiger partial charge in [0.2, 0.25) is 0 Å². The molecule has 0 fully saturated rings. The summed E-state index contributed by atoms with van der Waals surface area (Å²) in [6.07, 6.45) is 1.02. The van der Waals surface area contributed by atoms with Crippen LogP contribution in [0.3, 0.4) is 0 Å². The summed E-state index contributed by atoms with van der Waals surface area (Å²) in [7, 11) is 0. The van der Waals surface area contributed by atoms with Gasteiger partial charge in [-0.1, -0.05) is 19.8 Å². The molecule has 4 heteroatoms. The molecule has 0 rings (SSSR count). The van der Waals surface area contributed by atoms with E-state index < -0.39 is 17.3 Å². The number of hydrogen-bond donors (Lipinski definition) is 1. The molecule has 2 nitrogen and oxygen atoms in total. The number of hydrogen-bond acceptors (Lipinski definition) is 1. The maximum absolute atomic E-state index is 12.5. The molecule has 0 amide bonds. The van der Waals surface area contributed by atoms with Crippen molar-refractivity contribution < 1.29 is 13.2 Å². The van der Waals surface area contributed by atoms with E-state index in [-0.39, 0.29) is 5.75 Å². The summed E-state index contributed by atoms with van der Waals surface area (Å²) >= 11 is -1.97. The minimum atomic E-state index is -1.97. The molecule has 0 aromatic heterocycles. The van der Waals surface area contributed by atoms with E-state index in [2.05, 4.69) is 0 Å². The van der Waals surface area contributed by atoms with E-state index in [1.165, 1.54) is 0 Å². The van der Waals surface area contributed by atoms with Gasteiger partial charge in [0.15, 0.2) is 11.1 Å². The lowest BCUT2D eigenvalue weighted by Gasteiger charge is -2.02. The van der Waals surface area contributed by atoms with Gasteiger partial charge in [-0.2, -0.15) is 0 Å². The minimum absolute atomic E-state index is 0.236. The van der Waals surface area contributed by atoms with Gasteiger partial charge in [-0.05, 0) is 6.42 Å². The van der Waals surface area contributed by atoms with E-state index in [9.17, 15) is 8.60 Å². The van der Waals surface area contributed by atoms with Gasteiger partial charge in [0.25, 0.3) is 0 Å². The first-order valence-corrected chi connectivity index (χ1v) is 4.66. The molecule has 0 saturated carbocycles. The van der Waals surface area contributed by atoms with E-state index in [1.54, 1.807) is 0 Å². The molecule has 0 aromatic carbocycles. The zero-order valence-corrected chi connectivity index (χ0v) is 6.86. The van der Waals surface area contributed by atoms with Crippen molar-refractivity contribution in [1.29, 1.82) is 0 Å². The van der Waals surface area contributed by atoms with E-state index in [4.69, 9.17) is 4.55 Å². The van der Waals surface area contributed by atoms with Crippen LogP contribution in [0, 0.1) is 0 Å². The number of halogens is 1. The molecule has 0 aliphatic rings. The molecule has 0 saturated heterocycles. The second kappa shape index (κ2) is 5.80. The van der Waals surface area contributed by atoms with Crippen molar-refractivity contribution in [2.75, 3.05) is 5.75 Å². The molecule has 0 spiro atoms. The summed E-state index contributed by atoms with van der Waals surface area (Å²) < 4.78 is 30.8. The van der Waals surface area contributed by atoms with Gasteiger partial charge in [0, 0.05) is 0 Å². The Morgan fingerprint density at radius 1 is 1.70 bits per heavy atom. The van der Waals surface area contributed by atoms with Gasteiger partial charge in [-0.3, -0.25) is 0 Å². The fraction of sp³-hybridized carbons (Fsp3) is 1.00. The summed E-state index contributed by atoms with van der Waals surface area (Å²) in [5.74, 6) is -0.236. The molecule has 0 aliphatic heterocycles. The molecule has 10 heavy (non-hydrogen) atoms. The van der Waals surface area contributed by atoms with Crippen LogP contribution in [0.4, 0.5) is 4.39 Å². The summed E-state index contributed by atoms with van der Waals surface area (Å²) in [5.41, 5.74) is 0. The standard InChI is InChI=1S/C6H13FO2S/c1-2-3-4-6(7)5-10(8)9/h6H,2-5H2,1H3,(H,8,9). The number of rotatable bonds is 5. The number of alkyl halides is 1. The van der Waals surface area contributed by atoms with E-state index >= 15 is 0 Å². The lowest BCUT2D eigenvalue weighted by molar-refractivity contribution is 0.333. The van der Waals surface area contributed by atoms with Gasteiger partial charge in [0.05, 0.1) is 5.75 Å². The van der Waals surface area contributed by atoms with Crippen LogP contribution < -0.4 is 0 Å². The molecule has 0 aromatic rings. The van der Waals surface area contributed by atoms with E-state index in [0.717, 1.165) is 12.8 Å². The fourth-order valence-corrected chi connectivity index (χ4v) is 1.14. The lowest BCUT2D eigenvalue weighted by Crippen LogP contribution is -2.10. The van der Waals surface area contributed by atoms with Gasteiger partial charge >= 0.3 is 0 Å². The van der Waals surface area contributed by atoms with Crippen LogP contribution in [-0.2, 0) is 11.1 Å². The average molecular weight is 168 g/mol. The van der Waals surface area contributed by atoms with Gasteiger partial charge in [-0.25, -0.2) is 8.60 Å². The molecule has 0 radical (unpaired) electrons. The van der Waals surface area contributed by atoms with Crippen molar-refractivity contribution in [1.82, 2.24) is 0 Å². The van der Waals surface area contributed by atoms with Crippen LogP contribution in [0.25, 0.3) is 0 Å². The Bertz CT molecular complexity index is 108. The third-order valence-electron chi connectivity index (χ3n) is 1.19. The Hall–Kier alpha value is 0.0400. The second-order valence-electron chi connectivity index (χ2n) is 2.23. The topological polar surface area (TPSA) is 37.3 Å². The molecule has 2 unspecified atom stereocenters. The molecule has 1 N–H and O–H groups in total. The van der Waals surface area contributed by atoms with Gasteiger partial charge in [-0.15, -0.1) is 0 Å². The fourth-order valence-electron chi connectivity index (χ4n) is 0.664. The Morgan fingerprint density at radius 2 is 2.30 bits per heavy atom. The highest BCUT2D eigenvalue weighted by atomic mass is 32.2. The van der Waals surface area contributed by atoms with Gasteiger partial charge < -0.3 is 4.55 Å². The van der Waals surface area contributed by atoms with Crippen molar-refractivity contribution in [3.63, 3.8) is 0 Å². The van der Waals surface area contributed by atoms with Crippen molar-refractivity contribution >= 4 is 11.1 Å². The molecular formula is C6H13FO2S. The Labute approximate surface area is 63.1 Å². The monoisotopic (exact) mass is 168 g/mol. The number of unbranched alkanes of at least 4 members (excludes halogenated alkanes) is 1. The van der Waals surface area contributed by atoms with Crippen molar-refractivity contribution in [3.8, 4) is 0 Å². The normalized spacial score (nSPS) is 16.7. The highest BCUT2D eigenvalue weighted by Gasteiger charge is 2.08. The first-order chi connectivity index (χ1) is 4.66. The van der Waals surface area contributed by atoms with E-state index in [1.807, 2.05) is 6.92 Å². The highest BCUT2D eigenvalue weighted by molar-refractivity contribution is 7.79. The summed E-state index contributed by atoms with van der Waals surface area (Å²) in [5, 5.41) is 0. The Morgan fingerprint density at radius 3 is 2.70 bits per heavy atom. The predicted molar refractivity (Wildman–Crippen MR) is 40.1 cm³/mol. The zero-order chi connectivity index (χ0) is 7.98. The molecule has 62 valence electrons. The third kappa shape index (κ3) is 6.16. The molecule has 0 bridgehead atoms. The SMILES string of the molecule is CCCCC(F)CS(=O)O. The predicted octanol–water partition coefficient (Wildman–Crippen LogP) is 1.74. The summed E-state index contributed by atoms with van der Waals surface area (Å²) in [4.78, 5) is 0. The smallest absolute Gasteiger partial charge is 0.155 e. The molecular weight excluding hydrogens is 155 g/mol. The Kier molecular flexibility index (Phi) is 5.82. The third-order valence-corrected chi connectivity index (χ3v) is 1.84. The summed E-state index contributed by atoms with van der Waals surface area (Å²) in [6.45, 7) is 1.96. The van der Waals surface area contributed by atoms with Crippen molar-refractivity contribution in [2.24, 2.45) is 0 Å². The second-order valence-corrected chi connectivity index (χ2v) is 3.20. The van der Waals surface area contributed by atoms with E-state index in [0.29, 0.717) is 6.42 Å². The minimum Gasteiger partial charge on any atom is -0.306 e. The van der Waals surface area contributed by atoms with Crippen LogP contribution in [-0.4, -0.2) is 20.7 Å². The van der Waals surface area contributed by atoms with Gasteiger partial charge in [0.1, 0.15) is 6.17 Å². The van der Waals surface area contributed by atoms with Crippen molar-refractivity contribution in [2.45, 2.75) is 32.4 Å². The first-order valence-electron chi connectivity index (χ1n) is 3.38. The van der Waals surface area contributed by atoms with Crippen LogP contribution in [0.2, 0.25) is 0 Å². The maximum Gasteiger partial charge on any atom is 0.155 e.